The van der Waals surface area contributed by atoms with Gasteiger partial charge >= 0.3 is 6.03 Å². The van der Waals surface area contributed by atoms with Crippen LogP contribution in [0.2, 0.25) is 0 Å². The molecule has 2 heterocycles. The van der Waals surface area contributed by atoms with E-state index in [1.54, 1.807) is 11.0 Å². The SMILES string of the molecule is Cn1nc(NC(=O)N2CCC(OCc3cccc(F)c3)CC2)ccc1=O. The molecular formula is C18H21FN4O3. The number of carbonyl (C=O) groups excluding carboxylic acids is 1. The summed E-state index contributed by atoms with van der Waals surface area (Å²) < 4.78 is 20.2. The molecule has 0 atom stereocenters. The van der Waals surface area contributed by atoms with Crippen molar-refractivity contribution in [2.75, 3.05) is 18.4 Å². The maximum Gasteiger partial charge on any atom is 0.323 e. The Hall–Kier alpha value is -2.74. The highest BCUT2D eigenvalue weighted by molar-refractivity contribution is 5.88. The molecule has 2 amide bonds. The Bertz CT molecular complexity index is 831. The first-order valence-corrected chi connectivity index (χ1v) is 8.47. The largest absolute Gasteiger partial charge is 0.373 e. The van der Waals surface area contributed by atoms with Crippen LogP contribution in [0.15, 0.2) is 41.2 Å². The number of ether oxygens (including phenoxy) is 1. The third kappa shape index (κ3) is 4.66. The van der Waals surface area contributed by atoms with Crippen molar-refractivity contribution >= 4 is 11.8 Å². The Kier molecular flexibility index (Phi) is 5.62. The number of hydrogen-bond acceptors (Lipinski definition) is 4. The van der Waals surface area contributed by atoms with Crippen LogP contribution in [0.5, 0.6) is 0 Å². The lowest BCUT2D eigenvalue weighted by Gasteiger charge is -2.31. The van der Waals surface area contributed by atoms with Gasteiger partial charge in [-0.05, 0) is 36.6 Å². The number of carbonyl (C=O) groups is 1. The molecular weight excluding hydrogens is 339 g/mol. The summed E-state index contributed by atoms with van der Waals surface area (Å²) >= 11 is 0. The minimum Gasteiger partial charge on any atom is -0.373 e. The minimum absolute atomic E-state index is 0.0398. The summed E-state index contributed by atoms with van der Waals surface area (Å²) in [5.74, 6) is 0.0613. The molecule has 138 valence electrons. The molecule has 1 N–H and O–H groups in total. The van der Waals surface area contributed by atoms with Crippen LogP contribution in [-0.2, 0) is 18.4 Å². The molecule has 1 aromatic carbocycles. The van der Waals surface area contributed by atoms with Gasteiger partial charge in [0.2, 0.25) is 0 Å². The zero-order valence-corrected chi connectivity index (χ0v) is 14.5. The second-order valence-corrected chi connectivity index (χ2v) is 6.24. The molecule has 0 bridgehead atoms. The molecule has 0 spiro atoms. The van der Waals surface area contributed by atoms with E-state index in [9.17, 15) is 14.0 Å². The Balaban J connectivity index is 1.46. The molecule has 0 saturated carbocycles. The highest BCUT2D eigenvalue weighted by atomic mass is 19.1. The molecule has 0 radical (unpaired) electrons. The molecule has 3 rings (SSSR count). The predicted molar refractivity (Wildman–Crippen MR) is 94.3 cm³/mol. The fraction of sp³-hybridized carbons (Fsp3) is 0.389. The van der Waals surface area contributed by atoms with Crippen LogP contribution in [0.3, 0.4) is 0 Å². The number of aryl methyl sites for hydroxylation is 1. The Morgan fingerprint density at radius 1 is 1.31 bits per heavy atom. The highest BCUT2D eigenvalue weighted by Gasteiger charge is 2.23. The number of urea groups is 1. The second-order valence-electron chi connectivity index (χ2n) is 6.24. The first-order chi connectivity index (χ1) is 12.5. The van der Waals surface area contributed by atoms with Gasteiger partial charge in [0.05, 0.1) is 12.7 Å². The lowest BCUT2D eigenvalue weighted by atomic mass is 10.1. The summed E-state index contributed by atoms with van der Waals surface area (Å²) in [4.78, 5) is 25.3. The Morgan fingerprint density at radius 3 is 2.77 bits per heavy atom. The normalized spacial score (nSPS) is 15.1. The van der Waals surface area contributed by atoms with E-state index in [0.29, 0.717) is 38.4 Å². The summed E-state index contributed by atoms with van der Waals surface area (Å²) in [6.45, 7) is 1.48. The van der Waals surface area contributed by atoms with Crippen LogP contribution in [0.25, 0.3) is 0 Å². The molecule has 1 aliphatic rings. The number of rotatable bonds is 4. The van der Waals surface area contributed by atoms with Gasteiger partial charge in [-0.15, -0.1) is 0 Å². The van der Waals surface area contributed by atoms with E-state index < -0.39 is 0 Å². The van der Waals surface area contributed by atoms with Crippen LogP contribution in [0.4, 0.5) is 15.0 Å². The topological polar surface area (TPSA) is 76.5 Å². The van der Waals surface area contributed by atoms with Crippen LogP contribution >= 0.6 is 0 Å². The van der Waals surface area contributed by atoms with Crippen LogP contribution in [0.1, 0.15) is 18.4 Å². The van der Waals surface area contributed by atoms with Crippen molar-refractivity contribution in [2.24, 2.45) is 7.05 Å². The van der Waals surface area contributed by atoms with E-state index >= 15 is 0 Å². The molecule has 8 heteroatoms. The third-order valence-electron chi connectivity index (χ3n) is 4.30. The summed E-state index contributed by atoms with van der Waals surface area (Å²) in [6, 6.07) is 8.94. The van der Waals surface area contributed by atoms with E-state index in [2.05, 4.69) is 10.4 Å². The molecule has 1 aliphatic heterocycles. The number of piperidine rings is 1. The lowest BCUT2D eigenvalue weighted by molar-refractivity contribution is 0.00530. The Labute approximate surface area is 150 Å². The van der Waals surface area contributed by atoms with Crippen molar-refractivity contribution in [3.8, 4) is 0 Å². The van der Waals surface area contributed by atoms with Crippen LogP contribution < -0.4 is 10.9 Å². The van der Waals surface area contributed by atoms with Gasteiger partial charge in [-0.2, -0.15) is 5.10 Å². The zero-order valence-electron chi connectivity index (χ0n) is 14.5. The molecule has 1 saturated heterocycles. The molecule has 26 heavy (non-hydrogen) atoms. The molecule has 7 nitrogen and oxygen atoms in total. The van der Waals surface area contributed by atoms with Crippen molar-refractivity contribution in [2.45, 2.75) is 25.6 Å². The monoisotopic (exact) mass is 360 g/mol. The molecule has 1 aromatic heterocycles. The molecule has 0 aliphatic carbocycles. The van der Waals surface area contributed by atoms with Gasteiger partial charge in [0.25, 0.3) is 5.56 Å². The van der Waals surface area contributed by atoms with E-state index in [0.717, 1.165) is 5.56 Å². The summed E-state index contributed by atoms with van der Waals surface area (Å²) in [6.07, 6.45) is 1.46. The number of likely N-dealkylation sites (tertiary alicyclic amines) is 1. The minimum atomic E-state index is -0.274. The van der Waals surface area contributed by atoms with Crippen molar-refractivity contribution < 1.29 is 13.9 Å². The van der Waals surface area contributed by atoms with Crippen molar-refractivity contribution in [3.63, 3.8) is 0 Å². The maximum absolute atomic E-state index is 13.2. The Morgan fingerprint density at radius 2 is 2.08 bits per heavy atom. The number of nitrogens with one attached hydrogen (secondary N) is 1. The number of halogens is 1. The van der Waals surface area contributed by atoms with Gasteiger partial charge < -0.3 is 9.64 Å². The van der Waals surface area contributed by atoms with Crippen LogP contribution in [0, 0.1) is 5.82 Å². The zero-order chi connectivity index (χ0) is 18.5. The first kappa shape index (κ1) is 18.1. The average Bonchev–Trinajstić information content (AvgIpc) is 2.63. The van der Waals surface area contributed by atoms with Gasteiger partial charge in [0, 0.05) is 26.2 Å². The molecule has 1 fully saturated rings. The number of benzene rings is 1. The predicted octanol–water partition coefficient (Wildman–Crippen LogP) is 2.13. The molecule has 2 aromatic rings. The summed E-state index contributed by atoms with van der Waals surface area (Å²) in [7, 11) is 1.53. The number of aromatic nitrogens is 2. The van der Waals surface area contributed by atoms with Crippen molar-refractivity contribution in [1.82, 2.24) is 14.7 Å². The van der Waals surface area contributed by atoms with E-state index in [1.165, 1.54) is 36.0 Å². The maximum atomic E-state index is 13.2. The molecule has 0 unspecified atom stereocenters. The quantitative estimate of drug-likeness (QED) is 0.906. The van der Waals surface area contributed by atoms with Crippen molar-refractivity contribution in [3.05, 3.63) is 58.1 Å². The van der Waals surface area contributed by atoms with E-state index in [4.69, 9.17) is 4.74 Å². The number of amides is 2. The third-order valence-corrected chi connectivity index (χ3v) is 4.30. The van der Waals surface area contributed by atoms with Gasteiger partial charge in [-0.3, -0.25) is 10.1 Å². The summed E-state index contributed by atoms with van der Waals surface area (Å²) in [5, 5.41) is 6.68. The number of anilines is 1. The fourth-order valence-electron chi connectivity index (χ4n) is 2.82. The highest BCUT2D eigenvalue weighted by Crippen LogP contribution is 2.17. The van der Waals surface area contributed by atoms with E-state index in [-0.39, 0.29) is 23.5 Å². The van der Waals surface area contributed by atoms with Gasteiger partial charge in [0.1, 0.15) is 5.82 Å². The second kappa shape index (κ2) is 8.09. The van der Waals surface area contributed by atoms with Crippen LogP contribution in [-0.4, -0.2) is 39.9 Å². The fourth-order valence-corrected chi connectivity index (χ4v) is 2.82. The lowest BCUT2D eigenvalue weighted by Crippen LogP contribution is -2.43. The van der Waals surface area contributed by atoms with E-state index in [1.807, 2.05) is 6.07 Å². The van der Waals surface area contributed by atoms with Gasteiger partial charge in [-0.25, -0.2) is 13.9 Å². The van der Waals surface area contributed by atoms with Gasteiger partial charge in [0.15, 0.2) is 5.82 Å². The average molecular weight is 360 g/mol. The van der Waals surface area contributed by atoms with Gasteiger partial charge in [-0.1, -0.05) is 12.1 Å². The standard InChI is InChI=1S/C18H21FN4O3/c1-22-17(24)6-5-16(21-22)20-18(25)23-9-7-15(8-10-23)26-12-13-3-2-4-14(19)11-13/h2-6,11,15H,7-10,12H2,1H3,(H,20,21,25). The summed E-state index contributed by atoms with van der Waals surface area (Å²) in [5.41, 5.74) is 0.560. The number of hydrogen-bond donors (Lipinski definition) is 1. The number of nitrogens with zero attached hydrogens (tertiary/aromatic N) is 3. The first-order valence-electron chi connectivity index (χ1n) is 8.47. The smallest absolute Gasteiger partial charge is 0.323 e. The van der Waals surface area contributed by atoms with Crippen molar-refractivity contribution in [1.29, 1.82) is 0 Å².